The second-order valence-electron chi connectivity index (χ2n) is 6.24. The molecule has 2 nitrogen and oxygen atoms in total. The van der Waals surface area contributed by atoms with E-state index in [-0.39, 0.29) is 11.7 Å². The molecule has 1 saturated carbocycles. The first kappa shape index (κ1) is 12.2. The summed E-state index contributed by atoms with van der Waals surface area (Å²) < 4.78 is 5.94. The molecule has 1 spiro atoms. The monoisotopic (exact) mass is 246 g/mol. The Morgan fingerprint density at radius 2 is 2.28 bits per heavy atom. The molecule has 2 aliphatic carbocycles. The summed E-state index contributed by atoms with van der Waals surface area (Å²) in [5, 5.41) is 0. The lowest BCUT2D eigenvalue weighted by Crippen LogP contribution is -2.27. The van der Waals surface area contributed by atoms with Crippen molar-refractivity contribution < 1.29 is 9.53 Å². The average Bonchev–Trinajstić information content (AvgIpc) is 3.03. The minimum absolute atomic E-state index is 0.0794. The molecule has 0 radical (unpaired) electrons. The first-order valence-corrected chi connectivity index (χ1v) is 7.17. The Labute approximate surface area is 109 Å². The summed E-state index contributed by atoms with van der Waals surface area (Å²) in [7, 11) is 0. The van der Waals surface area contributed by atoms with Crippen LogP contribution in [0.3, 0.4) is 0 Å². The van der Waals surface area contributed by atoms with Crippen LogP contribution in [0, 0.1) is 5.92 Å². The summed E-state index contributed by atoms with van der Waals surface area (Å²) in [6, 6.07) is 0. The Hall–Kier alpha value is -0.890. The standard InChI is InChI=1S/C16H22O2/c1-11(2)15-16(18-15)8-4-6-13(10-16)12-5-3-7-14(17)9-12/h9,13,15H,1,3-8,10H2,2H3. The van der Waals surface area contributed by atoms with E-state index in [0.29, 0.717) is 11.7 Å². The number of allylic oxidation sites excluding steroid dienone is 2. The first-order valence-electron chi connectivity index (χ1n) is 7.17. The second-order valence-corrected chi connectivity index (χ2v) is 6.24. The molecular weight excluding hydrogens is 224 g/mol. The van der Waals surface area contributed by atoms with Crippen molar-refractivity contribution in [3.63, 3.8) is 0 Å². The third kappa shape index (κ3) is 2.07. The van der Waals surface area contributed by atoms with E-state index in [9.17, 15) is 4.79 Å². The highest BCUT2D eigenvalue weighted by Crippen LogP contribution is 2.54. The highest BCUT2D eigenvalue weighted by atomic mass is 16.6. The average molecular weight is 246 g/mol. The fraction of sp³-hybridized carbons (Fsp3) is 0.688. The highest BCUT2D eigenvalue weighted by molar-refractivity contribution is 5.91. The molecule has 0 aromatic rings. The number of epoxide rings is 1. The Morgan fingerprint density at radius 3 is 2.94 bits per heavy atom. The Kier molecular flexibility index (Phi) is 2.93. The van der Waals surface area contributed by atoms with Gasteiger partial charge >= 0.3 is 0 Å². The van der Waals surface area contributed by atoms with Gasteiger partial charge in [-0.25, -0.2) is 0 Å². The number of carbonyl (C=O) groups is 1. The minimum Gasteiger partial charge on any atom is -0.361 e. The van der Waals surface area contributed by atoms with E-state index in [2.05, 4.69) is 13.5 Å². The Bertz CT molecular complexity index is 421. The SMILES string of the molecule is C=C(C)C1OC12CCCC(C1=CC(=O)CCC1)C2. The molecule has 0 aromatic carbocycles. The van der Waals surface area contributed by atoms with Crippen LogP contribution in [0.4, 0.5) is 0 Å². The van der Waals surface area contributed by atoms with Crippen LogP contribution in [0.2, 0.25) is 0 Å². The molecular formula is C16H22O2. The van der Waals surface area contributed by atoms with Gasteiger partial charge in [-0.15, -0.1) is 0 Å². The fourth-order valence-electron chi connectivity index (χ4n) is 3.82. The van der Waals surface area contributed by atoms with Gasteiger partial charge in [0.1, 0.15) is 6.10 Å². The van der Waals surface area contributed by atoms with Gasteiger partial charge in [-0.3, -0.25) is 4.79 Å². The van der Waals surface area contributed by atoms with Crippen molar-refractivity contribution in [2.24, 2.45) is 5.92 Å². The van der Waals surface area contributed by atoms with Crippen LogP contribution in [0.5, 0.6) is 0 Å². The molecule has 2 fully saturated rings. The van der Waals surface area contributed by atoms with E-state index in [1.54, 1.807) is 0 Å². The molecule has 2 heteroatoms. The predicted molar refractivity (Wildman–Crippen MR) is 71.3 cm³/mol. The van der Waals surface area contributed by atoms with Crippen LogP contribution < -0.4 is 0 Å². The van der Waals surface area contributed by atoms with Gasteiger partial charge in [-0.05, 0) is 63.0 Å². The molecule has 3 atom stereocenters. The van der Waals surface area contributed by atoms with E-state index in [4.69, 9.17) is 4.74 Å². The molecule has 0 N–H and O–H groups in total. The molecule has 3 unspecified atom stereocenters. The van der Waals surface area contributed by atoms with Gasteiger partial charge < -0.3 is 4.74 Å². The molecule has 1 saturated heterocycles. The summed E-state index contributed by atoms with van der Waals surface area (Å²) >= 11 is 0. The van der Waals surface area contributed by atoms with Gasteiger partial charge in [0.05, 0.1) is 5.60 Å². The summed E-state index contributed by atoms with van der Waals surface area (Å²) in [6.45, 7) is 6.08. The zero-order valence-corrected chi connectivity index (χ0v) is 11.2. The molecule has 98 valence electrons. The topological polar surface area (TPSA) is 29.6 Å². The number of hydrogen-bond acceptors (Lipinski definition) is 2. The maximum atomic E-state index is 11.5. The summed E-state index contributed by atoms with van der Waals surface area (Å²) in [4.78, 5) is 11.5. The zero-order valence-electron chi connectivity index (χ0n) is 11.2. The molecule has 3 aliphatic rings. The third-order valence-corrected chi connectivity index (χ3v) is 4.72. The number of carbonyl (C=O) groups excluding carboxylic acids is 1. The van der Waals surface area contributed by atoms with E-state index in [1.807, 2.05) is 6.08 Å². The molecule has 1 aliphatic heterocycles. The molecule has 0 bridgehead atoms. The molecule has 18 heavy (non-hydrogen) atoms. The van der Waals surface area contributed by atoms with Crippen LogP contribution in [0.1, 0.15) is 51.9 Å². The number of ether oxygens (including phenoxy) is 1. The van der Waals surface area contributed by atoms with Gasteiger partial charge in [0.2, 0.25) is 0 Å². The molecule has 0 amide bonds. The van der Waals surface area contributed by atoms with Crippen molar-refractivity contribution >= 4 is 5.78 Å². The van der Waals surface area contributed by atoms with Gasteiger partial charge in [-0.2, -0.15) is 0 Å². The van der Waals surface area contributed by atoms with Crippen LogP contribution in [0.15, 0.2) is 23.8 Å². The lowest BCUT2D eigenvalue weighted by atomic mass is 9.73. The Balaban J connectivity index is 1.72. The van der Waals surface area contributed by atoms with Crippen molar-refractivity contribution in [3.8, 4) is 0 Å². The normalized spacial score (nSPS) is 39.6. The van der Waals surface area contributed by atoms with Gasteiger partial charge in [0, 0.05) is 6.42 Å². The predicted octanol–water partition coefficient (Wildman–Crippen LogP) is 3.57. The van der Waals surface area contributed by atoms with Crippen LogP contribution in [-0.2, 0) is 9.53 Å². The van der Waals surface area contributed by atoms with Crippen molar-refractivity contribution in [3.05, 3.63) is 23.8 Å². The number of ketones is 1. The van der Waals surface area contributed by atoms with Crippen LogP contribution in [-0.4, -0.2) is 17.5 Å². The third-order valence-electron chi connectivity index (χ3n) is 4.72. The Morgan fingerprint density at radius 1 is 1.44 bits per heavy atom. The van der Waals surface area contributed by atoms with Gasteiger partial charge in [0.25, 0.3) is 0 Å². The molecule has 3 rings (SSSR count). The smallest absolute Gasteiger partial charge is 0.155 e. The number of hydrogen-bond donors (Lipinski definition) is 0. The maximum Gasteiger partial charge on any atom is 0.155 e. The van der Waals surface area contributed by atoms with Crippen molar-refractivity contribution in [1.82, 2.24) is 0 Å². The summed E-state index contributed by atoms with van der Waals surface area (Å²) in [5.41, 5.74) is 2.63. The van der Waals surface area contributed by atoms with Crippen LogP contribution in [0.25, 0.3) is 0 Å². The van der Waals surface area contributed by atoms with Crippen molar-refractivity contribution in [1.29, 1.82) is 0 Å². The van der Waals surface area contributed by atoms with Gasteiger partial charge in [0.15, 0.2) is 5.78 Å². The second kappa shape index (κ2) is 4.34. The van der Waals surface area contributed by atoms with Crippen LogP contribution >= 0.6 is 0 Å². The highest BCUT2D eigenvalue weighted by Gasteiger charge is 2.58. The van der Waals surface area contributed by atoms with E-state index in [1.165, 1.54) is 24.8 Å². The van der Waals surface area contributed by atoms with Crippen molar-refractivity contribution in [2.75, 3.05) is 0 Å². The minimum atomic E-state index is 0.0794. The molecule has 0 aromatic heterocycles. The zero-order chi connectivity index (χ0) is 12.8. The fourth-order valence-corrected chi connectivity index (χ4v) is 3.82. The largest absolute Gasteiger partial charge is 0.361 e. The van der Waals surface area contributed by atoms with Gasteiger partial charge in [-0.1, -0.05) is 12.2 Å². The summed E-state index contributed by atoms with van der Waals surface area (Å²) in [5.74, 6) is 0.899. The summed E-state index contributed by atoms with van der Waals surface area (Å²) in [6.07, 6.45) is 9.82. The van der Waals surface area contributed by atoms with E-state index >= 15 is 0 Å². The maximum absolute atomic E-state index is 11.5. The first-order chi connectivity index (χ1) is 8.61. The molecule has 1 heterocycles. The van der Waals surface area contributed by atoms with Crippen molar-refractivity contribution in [2.45, 2.75) is 63.6 Å². The lowest BCUT2D eigenvalue weighted by Gasteiger charge is -2.30. The van der Waals surface area contributed by atoms with E-state index < -0.39 is 0 Å². The van der Waals surface area contributed by atoms with E-state index in [0.717, 1.165) is 31.3 Å². The number of rotatable bonds is 2. The quantitative estimate of drug-likeness (QED) is 0.550. The lowest BCUT2D eigenvalue weighted by molar-refractivity contribution is -0.115.